The molecule has 0 aliphatic heterocycles. The highest BCUT2D eigenvalue weighted by atomic mass is 16.3. The van der Waals surface area contributed by atoms with Crippen LogP contribution in [0.2, 0.25) is 0 Å². The fourth-order valence-electron chi connectivity index (χ4n) is 2.80. The van der Waals surface area contributed by atoms with Crippen LogP contribution in [0, 0.1) is 0 Å². The van der Waals surface area contributed by atoms with Crippen LogP contribution >= 0.6 is 0 Å². The molecule has 1 heterocycles. The predicted octanol–water partition coefficient (Wildman–Crippen LogP) is 2.87. The molecule has 8 heteroatoms. The Morgan fingerprint density at radius 2 is 1.83 bits per heavy atom. The summed E-state index contributed by atoms with van der Waals surface area (Å²) in [6.45, 7) is 0.636. The lowest BCUT2D eigenvalue weighted by molar-refractivity contribution is -0.116. The van der Waals surface area contributed by atoms with Crippen LogP contribution in [-0.4, -0.2) is 53.1 Å². The number of rotatable bonds is 9. The first-order chi connectivity index (χ1) is 14.5. The Bertz CT molecular complexity index is 965. The zero-order valence-electron chi connectivity index (χ0n) is 17.0. The van der Waals surface area contributed by atoms with E-state index in [1.165, 1.54) is 0 Å². The number of hydrogen-bond donors (Lipinski definition) is 4. The molecule has 1 aromatic heterocycles. The van der Waals surface area contributed by atoms with Gasteiger partial charge >= 0.3 is 0 Å². The third-order valence-electron chi connectivity index (χ3n) is 4.18. The van der Waals surface area contributed by atoms with Crippen LogP contribution < -0.4 is 16.0 Å². The molecule has 1 amide bonds. The Labute approximate surface area is 176 Å². The topological polar surface area (TPSA) is 102 Å². The number of benzene rings is 2. The quantitative estimate of drug-likeness (QED) is 0.433. The van der Waals surface area contributed by atoms with E-state index in [2.05, 4.69) is 25.9 Å². The number of amides is 1. The van der Waals surface area contributed by atoms with E-state index in [0.29, 0.717) is 30.5 Å². The molecule has 0 bridgehead atoms. The maximum absolute atomic E-state index is 11.9. The lowest BCUT2D eigenvalue weighted by Gasteiger charge is -2.13. The van der Waals surface area contributed by atoms with Gasteiger partial charge in [-0.1, -0.05) is 36.4 Å². The molecule has 8 nitrogen and oxygen atoms in total. The lowest BCUT2D eigenvalue weighted by atomic mass is 10.1. The highest BCUT2D eigenvalue weighted by Crippen LogP contribution is 2.19. The van der Waals surface area contributed by atoms with Crippen LogP contribution in [-0.2, 0) is 4.79 Å². The Kier molecular flexibility index (Phi) is 7.31. The molecule has 2 aromatic carbocycles. The van der Waals surface area contributed by atoms with Crippen molar-refractivity contribution >= 4 is 29.0 Å². The van der Waals surface area contributed by atoms with E-state index in [1.54, 1.807) is 17.2 Å². The molecule has 1 atom stereocenters. The largest absolute Gasteiger partial charge is 0.387 e. The molecule has 0 aliphatic carbocycles. The number of aliphatic hydroxyl groups excluding tert-OH is 1. The molecule has 156 valence electrons. The number of nitrogens with zero attached hydrogens (tertiary/aromatic N) is 3. The molecule has 0 saturated carbocycles. The summed E-state index contributed by atoms with van der Waals surface area (Å²) < 4.78 is 0. The molecule has 0 fully saturated rings. The van der Waals surface area contributed by atoms with E-state index < -0.39 is 6.10 Å². The van der Waals surface area contributed by atoms with Crippen LogP contribution in [0.3, 0.4) is 0 Å². The van der Waals surface area contributed by atoms with Crippen molar-refractivity contribution in [2.24, 2.45) is 0 Å². The monoisotopic (exact) mass is 406 g/mol. The van der Waals surface area contributed by atoms with Crippen molar-refractivity contribution in [1.29, 1.82) is 0 Å². The third kappa shape index (κ3) is 6.54. The summed E-state index contributed by atoms with van der Waals surface area (Å²) in [6, 6.07) is 18.5. The first-order valence-corrected chi connectivity index (χ1v) is 9.61. The van der Waals surface area contributed by atoms with Crippen LogP contribution in [0.15, 0.2) is 66.9 Å². The summed E-state index contributed by atoms with van der Waals surface area (Å²) in [5.74, 6) is 0.917. The second-order valence-electron chi connectivity index (χ2n) is 7.06. The van der Waals surface area contributed by atoms with Crippen molar-refractivity contribution in [2.75, 3.05) is 43.1 Å². The molecule has 0 radical (unpaired) electrons. The summed E-state index contributed by atoms with van der Waals surface area (Å²) in [5, 5.41) is 19.4. The molecular weight excluding hydrogens is 380 g/mol. The average molecular weight is 406 g/mol. The molecular formula is C22H26N6O2. The van der Waals surface area contributed by atoms with Crippen LogP contribution in [0.25, 0.3) is 0 Å². The average Bonchev–Trinajstić information content (AvgIpc) is 2.72. The SMILES string of the molecule is CN(C)CC(=O)Nc1cccc(Nc2nccc(NC[C@@H](O)c3ccccc3)n2)c1. The Hall–Kier alpha value is -3.49. The molecule has 3 aromatic rings. The first-order valence-electron chi connectivity index (χ1n) is 9.61. The highest BCUT2D eigenvalue weighted by molar-refractivity contribution is 5.92. The standard InChI is InChI=1S/C22H26N6O2/c1-28(2)15-21(30)25-17-9-6-10-18(13-17)26-22-23-12-11-20(27-22)24-14-19(29)16-7-4-3-5-8-16/h3-13,19,29H,14-15H2,1-2H3,(H,25,30)(H2,23,24,26,27)/t19-/m1/s1. The minimum absolute atomic E-state index is 0.0865. The van der Waals surface area contributed by atoms with Gasteiger partial charge in [-0.2, -0.15) is 4.98 Å². The van der Waals surface area contributed by atoms with Crippen LogP contribution in [0.5, 0.6) is 0 Å². The van der Waals surface area contributed by atoms with Crippen molar-refractivity contribution in [2.45, 2.75) is 6.10 Å². The van der Waals surface area contributed by atoms with E-state index in [4.69, 9.17) is 0 Å². The van der Waals surface area contributed by atoms with Gasteiger partial charge in [0.1, 0.15) is 5.82 Å². The van der Waals surface area contributed by atoms with Crippen LogP contribution in [0.1, 0.15) is 11.7 Å². The molecule has 0 saturated heterocycles. The Morgan fingerprint density at radius 3 is 2.60 bits per heavy atom. The van der Waals surface area contributed by atoms with Crippen molar-refractivity contribution in [3.63, 3.8) is 0 Å². The first kappa shape index (κ1) is 21.2. The van der Waals surface area contributed by atoms with Gasteiger partial charge in [0.05, 0.1) is 12.6 Å². The fraction of sp³-hybridized carbons (Fsp3) is 0.227. The van der Waals surface area contributed by atoms with Gasteiger partial charge in [0.25, 0.3) is 0 Å². The predicted molar refractivity (Wildman–Crippen MR) is 119 cm³/mol. The van der Waals surface area contributed by atoms with E-state index in [1.807, 2.05) is 68.7 Å². The second kappa shape index (κ2) is 10.3. The Morgan fingerprint density at radius 1 is 1.07 bits per heavy atom. The van der Waals surface area contributed by atoms with Gasteiger partial charge in [-0.25, -0.2) is 4.98 Å². The fourth-order valence-corrected chi connectivity index (χ4v) is 2.80. The minimum Gasteiger partial charge on any atom is -0.387 e. The Balaban J connectivity index is 1.60. The molecule has 0 aliphatic rings. The summed E-state index contributed by atoms with van der Waals surface area (Å²) in [6.07, 6.45) is 0.995. The molecule has 0 spiro atoms. The van der Waals surface area contributed by atoms with Crippen LogP contribution in [0.4, 0.5) is 23.1 Å². The maximum Gasteiger partial charge on any atom is 0.238 e. The second-order valence-corrected chi connectivity index (χ2v) is 7.06. The number of carbonyl (C=O) groups is 1. The summed E-state index contributed by atoms with van der Waals surface area (Å²) in [5.41, 5.74) is 2.27. The third-order valence-corrected chi connectivity index (χ3v) is 4.18. The van der Waals surface area contributed by atoms with Gasteiger partial charge in [0.15, 0.2) is 0 Å². The normalized spacial score (nSPS) is 11.7. The number of carbonyl (C=O) groups excluding carboxylic acids is 1. The van der Waals surface area contributed by atoms with Crippen molar-refractivity contribution in [3.8, 4) is 0 Å². The maximum atomic E-state index is 11.9. The number of aromatic nitrogens is 2. The van der Waals surface area contributed by atoms with Crippen molar-refractivity contribution in [1.82, 2.24) is 14.9 Å². The van der Waals surface area contributed by atoms with E-state index in [9.17, 15) is 9.90 Å². The minimum atomic E-state index is -0.639. The lowest BCUT2D eigenvalue weighted by Crippen LogP contribution is -2.27. The number of likely N-dealkylation sites (N-methyl/N-ethyl adjacent to an activating group) is 1. The van der Waals surface area contributed by atoms with E-state index in [-0.39, 0.29) is 5.91 Å². The van der Waals surface area contributed by atoms with Gasteiger partial charge in [-0.05, 0) is 43.9 Å². The van der Waals surface area contributed by atoms with Gasteiger partial charge in [-0.3, -0.25) is 4.79 Å². The zero-order chi connectivity index (χ0) is 21.3. The highest BCUT2D eigenvalue weighted by Gasteiger charge is 2.08. The van der Waals surface area contributed by atoms with Gasteiger partial charge in [0.2, 0.25) is 11.9 Å². The number of aliphatic hydroxyl groups is 1. The summed E-state index contributed by atoms with van der Waals surface area (Å²) in [7, 11) is 3.68. The van der Waals surface area contributed by atoms with Gasteiger partial charge < -0.3 is 26.0 Å². The molecule has 30 heavy (non-hydrogen) atoms. The molecule has 0 unspecified atom stereocenters. The summed E-state index contributed by atoms with van der Waals surface area (Å²) >= 11 is 0. The smallest absolute Gasteiger partial charge is 0.238 e. The number of nitrogens with one attached hydrogen (secondary N) is 3. The van der Waals surface area contributed by atoms with Gasteiger partial charge in [0, 0.05) is 24.1 Å². The van der Waals surface area contributed by atoms with E-state index in [0.717, 1.165) is 11.3 Å². The molecule has 4 N–H and O–H groups in total. The summed E-state index contributed by atoms with van der Waals surface area (Å²) in [4.78, 5) is 22.4. The number of hydrogen-bond acceptors (Lipinski definition) is 7. The zero-order valence-corrected chi connectivity index (χ0v) is 17.0. The van der Waals surface area contributed by atoms with Gasteiger partial charge in [-0.15, -0.1) is 0 Å². The number of anilines is 4. The van der Waals surface area contributed by atoms with Crippen molar-refractivity contribution < 1.29 is 9.90 Å². The van der Waals surface area contributed by atoms with E-state index >= 15 is 0 Å². The van der Waals surface area contributed by atoms with Crippen molar-refractivity contribution in [3.05, 3.63) is 72.4 Å². The molecule has 3 rings (SSSR count).